The monoisotopic (exact) mass is 561 g/mol. The molecule has 0 unspecified atom stereocenters. The van der Waals surface area contributed by atoms with Crippen LogP contribution in [0, 0.1) is 5.82 Å². The lowest BCUT2D eigenvalue weighted by molar-refractivity contribution is -0.143. The second-order valence-corrected chi connectivity index (χ2v) is 10.2. The molecule has 2 aliphatic heterocycles. The minimum atomic E-state index is -4.95. The number of halogens is 7. The third-order valence-corrected chi connectivity index (χ3v) is 7.32. The summed E-state index contributed by atoms with van der Waals surface area (Å²) >= 11 is 0. The van der Waals surface area contributed by atoms with Gasteiger partial charge in [-0.25, -0.2) is 9.40 Å². The molecule has 2 aromatic rings. The van der Waals surface area contributed by atoms with E-state index >= 15 is 0 Å². The van der Waals surface area contributed by atoms with Gasteiger partial charge in [-0.2, -0.15) is 26.3 Å². The van der Waals surface area contributed by atoms with Crippen molar-refractivity contribution in [1.29, 1.82) is 0 Å². The first-order valence-electron chi connectivity index (χ1n) is 12.7. The first-order valence-corrected chi connectivity index (χ1v) is 12.7. The van der Waals surface area contributed by atoms with Gasteiger partial charge in [-0.15, -0.1) is 0 Å². The van der Waals surface area contributed by atoms with E-state index in [1.165, 1.54) is 12.1 Å². The normalized spacial score (nSPS) is 18.8. The molecule has 2 heterocycles. The van der Waals surface area contributed by atoms with E-state index in [2.05, 4.69) is 10.3 Å². The van der Waals surface area contributed by atoms with Crippen LogP contribution in [0.15, 0.2) is 42.5 Å². The fraction of sp³-hybridized carbons (Fsp3) is 0.519. The molecule has 0 aromatic heterocycles. The molecule has 2 fully saturated rings. The standard InChI is InChI=1S/C27H30F7N3O2/c28-23-5-3-20(4-6-23)25(7-11-37(12-8-25)35-24(38)16-36-9-1-2-10-36)18-39-17-19-13-21(26(29,30)31)15-22(14-19)27(32,33)34/h3-6,13-15H,1-2,7-12,16-18H2,(H,35,38). The molecule has 39 heavy (non-hydrogen) atoms. The van der Waals surface area contributed by atoms with E-state index in [-0.39, 0.29) is 24.1 Å². The van der Waals surface area contributed by atoms with Gasteiger partial charge in [0.05, 0.1) is 30.9 Å². The third kappa shape index (κ3) is 7.70. The van der Waals surface area contributed by atoms with Crippen LogP contribution in [-0.4, -0.2) is 55.1 Å². The molecule has 1 amide bonds. The van der Waals surface area contributed by atoms with Gasteiger partial charge in [-0.05, 0) is 80.2 Å². The molecule has 0 spiro atoms. The molecule has 0 atom stereocenters. The number of carbonyl (C=O) groups is 1. The highest BCUT2D eigenvalue weighted by molar-refractivity contribution is 5.77. The summed E-state index contributed by atoms with van der Waals surface area (Å²) in [6.07, 6.45) is -6.82. The number of nitrogens with zero attached hydrogens (tertiary/aromatic N) is 2. The summed E-state index contributed by atoms with van der Waals surface area (Å²) in [5, 5.41) is 1.79. The highest BCUT2D eigenvalue weighted by Crippen LogP contribution is 2.38. The Morgan fingerprint density at radius 2 is 1.44 bits per heavy atom. The number of likely N-dealkylation sites (tertiary alicyclic amines) is 1. The zero-order chi connectivity index (χ0) is 28.3. The Morgan fingerprint density at radius 3 is 1.97 bits per heavy atom. The van der Waals surface area contributed by atoms with Crippen LogP contribution in [0.25, 0.3) is 0 Å². The molecule has 12 heteroatoms. The molecule has 0 bridgehead atoms. The minimum Gasteiger partial charge on any atom is -0.376 e. The maximum atomic E-state index is 13.6. The first kappa shape index (κ1) is 29.3. The highest BCUT2D eigenvalue weighted by Gasteiger charge is 2.39. The predicted molar refractivity (Wildman–Crippen MR) is 129 cm³/mol. The van der Waals surface area contributed by atoms with Crippen molar-refractivity contribution in [2.45, 2.75) is 50.1 Å². The van der Waals surface area contributed by atoms with Crippen LogP contribution in [0.5, 0.6) is 0 Å². The number of alkyl halides is 6. The number of amides is 1. The van der Waals surface area contributed by atoms with Gasteiger partial charge in [0, 0.05) is 18.5 Å². The minimum absolute atomic E-state index is 0.00814. The van der Waals surface area contributed by atoms with E-state index in [1.54, 1.807) is 17.1 Å². The molecule has 0 aliphatic carbocycles. The average molecular weight is 562 g/mol. The average Bonchev–Trinajstić information content (AvgIpc) is 3.37. The second kappa shape index (κ2) is 11.8. The van der Waals surface area contributed by atoms with E-state index in [1.807, 2.05) is 0 Å². The topological polar surface area (TPSA) is 44.8 Å². The van der Waals surface area contributed by atoms with Crippen molar-refractivity contribution in [3.63, 3.8) is 0 Å². The predicted octanol–water partition coefficient (Wildman–Crippen LogP) is 5.54. The van der Waals surface area contributed by atoms with Crippen LogP contribution in [0.2, 0.25) is 0 Å². The lowest BCUT2D eigenvalue weighted by Gasteiger charge is -2.42. The zero-order valence-electron chi connectivity index (χ0n) is 21.2. The zero-order valence-corrected chi connectivity index (χ0v) is 21.2. The van der Waals surface area contributed by atoms with Crippen molar-refractivity contribution >= 4 is 5.91 Å². The van der Waals surface area contributed by atoms with Crippen LogP contribution >= 0.6 is 0 Å². The van der Waals surface area contributed by atoms with Gasteiger partial charge in [-0.1, -0.05) is 12.1 Å². The Kier molecular flexibility index (Phi) is 8.87. The second-order valence-electron chi connectivity index (χ2n) is 10.2. The Morgan fingerprint density at radius 1 is 0.872 bits per heavy atom. The number of hydrogen-bond acceptors (Lipinski definition) is 4. The lowest BCUT2D eigenvalue weighted by Crippen LogP contribution is -2.53. The number of carbonyl (C=O) groups excluding carboxylic acids is 1. The summed E-state index contributed by atoms with van der Waals surface area (Å²) in [5.41, 5.74) is -0.0736. The number of hydrogen-bond donors (Lipinski definition) is 1. The van der Waals surface area contributed by atoms with Gasteiger partial charge in [0.25, 0.3) is 0 Å². The summed E-state index contributed by atoms with van der Waals surface area (Å²) in [6, 6.07) is 7.18. The SMILES string of the molecule is O=C(CN1CCCC1)NN1CCC(COCc2cc(C(F)(F)F)cc(C(F)(F)F)c2)(c2ccc(F)cc2)CC1. The van der Waals surface area contributed by atoms with Gasteiger partial charge in [-0.3, -0.25) is 15.1 Å². The fourth-order valence-electron chi connectivity index (χ4n) is 5.19. The molecule has 0 radical (unpaired) electrons. The molecule has 0 saturated carbocycles. The van der Waals surface area contributed by atoms with E-state index in [0.29, 0.717) is 44.6 Å². The van der Waals surface area contributed by atoms with E-state index in [9.17, 15) is 35.5 Å². The van der Waals surface area contributed by atoms with Gasteiger partial charge < -0.3 is 4.74 Å². The van der Waals surface area contributed by atoms with Gasteiger partial charge in [0.1, 0.15) is 5.82 Å². The van der Waals surface area contributed by atoms with E-state index in [4.69, 9.17) is 4.74 Å². The van der Waals surface area contributed by atoms with E-state index in [0.717, 1.165) is 31.5 Å². The van der Waals surface area contributed by atoms with Crippen molar-refractivity contribution in [3.05, 3.63) is 70.5 Å². The number of benzene rings is 2. The smallest absolute Gasteiger partial charge is 0.376 e. The van der Waals surface area contributed by atoms with Crippen LogP contribution in [0.3, 0.4) is 0 Å². The maximum absolute atomic E-state index is 13.6. The number of rotatable bonds is 8. The number of nitrogens with one attached hydrogen (secondary N) is 1. The van der Waals surface area contributed by atoms with Crippen molar-refractivity contribution in [1.82, 2.24) is 15.3 Å². The van der Waals surface area contributed by atoms with Crippen molar-refractivity contribution in [2.24, 2.45) is 0 Å². The molecule has 2 aliphatic rings. The summed E-state index contributed by atoms with van der Waals surface area (Å²) in [7, 11) is 0. The molecular weight excluding hydrogens is 531 g/mol. The van der Waals surface area contributed by atoms with Crippen LogP contribution < -0.4 is 5.43 Å². The van der Waals surface area contributed by atoms with Crippen LogP contribution in [-0.2, 0) is 33.9 Å². The van der Waals surface area contributed by atoms with E-state index < -0.39 is 41.3 Å². The molecular formula is C27H30F7N3O2. The van der Waals surface area contributed by atoms with Crippen LogP contribution in [0.1, 0.15) is 47.9 Å². The molecule has 5 nitrogen and oxygen atoms in total. The van der Waals surface area contributed by atoms with Crippen LogP contribution in [0.4, 0.5) is 30.7 Å². The number of piperidine rings is 1. The summed E-state index contributed by atoms with van der Waals surface area (Å²) in [5.74, 6) is -0.558. The van der Waals surface area contributed by atoms with Crippen molar-refractivity contribution in [2.75, 3.05) is 39.3 Å². The summed E-state index contributed by atoms with van der Waals surface area (Å²) < 4.78 is 98.7. The Balaban J connectivity index is 1.44. The number of hydrazine groups is 1. The van der Waals surface area contributed by atoms with Crippen molar-refractivity contribution in [3.8, 4) is 0 Å². The lowest BCUT2D eigenvalue weighted by atomic mass is 9.73. The Labute approximate surface area is 221 Å². The first-order chi connectivity index (χ1) is 18.3. The number of ether oxygens (including phenoxy) is 1. The summed E-state index contributed by atoms with van der Waals surface area (Å²) in [6.45, 7) is 2.48. The molecule has 1 N–H and O–H groups in total. The van der Waals surface area contributed by atoms with Gasteiger partial charge in [0.15, 0.2) is 0 Å². The third-order valence-electron chi connectivity index (χ3n) is 7.32. The molecule has 4 rings (SSSR count). The Hall–Kier alpha value is -2.70. The largest absolute Gasteiger partial charge is 0.416 e. The Bertz CT molecular complexity index is 1090. The quantitative estimate of drug-likeness (QED) is 0.430. The van der Waals surface area contributed by atoms with Gasteiger partial charge in [0.2, 0.25) is 5.91 Å². The molecule has 2 aromatic carbocycles. The maximum Gasteiger partial charge on any atom is 0.416 e. The molecule has 214 valence electrons. The highest BCUT2D eigenvalue weighted by atomic mass is 19.4. The fourth-order valence-corrected chi connectivity index (χ4v) is 5.19. The summed E-state index contributed by atoms with van der Waals surface area (Å²) in [4.78, 5) is 14.5. The van der Waals surface area contributed by atoms with Crippen molar-refractivity contribution < 1.29 is 40.3 Å². The molecule has 2 saturated heterocycles. The van der Waals surface area contributed by atoms with Gasteiger partial charge >= 0.3 is 12.4 Å².